The van der Waals surface area contributed by atoms with Gasteiger partial charge in [-0.25, -0.2) is 0 Å². The van der Waals surface area contributed by atoms with Crippen LogP contribution >= 0.6 is 24.8 Å². The molecule has 8 rings (SSSR count). The van der Waals surface area contributed by atoms with Crippen molar-refractivity contribution >= 4 is 53.2 Å². The number of fused-ring (bicyclic) bond motifs is 2. The van der Waals surface area contributed by atoms with Gasteiger partial charge >= 0.3 is 30.2 Å². The van der Waals surface area contributed by atoms with Gasteiger partial charge in [-0.15, -0.1) is 92.9 Å². The first-order valence-corrected chi connectivity index (χ1v) is 25.5. The number of aryl methyl sites for hydroxylation is 4. The average Bonchev–Trinajstić information content (AvgIpc) is 3.84. The molecule has 2 radical (unpaired) electrons. The molecule has 58 heavy (non-hydrogen) atoms. The molecule has 6 aromatic carbocycles. The van der Waals surface area contributed by atoms with E-state index in [1.54, 1.807) is 11.1 Å². The van der Waals surface area contributed by atoms with E-state index in [2.05, 4.69) is 132 Å². The Bertz CT molecular complexity index is 1910. The van der Waals surface area contributed by atoms with Crippen molar-refractivity contribution in [2.75, 3.05) is 0 Å². The Hall–Kier alpha value is -2.22. The molecule has 0 bridgehead atoms. The van der Waals surface area contributed by atoms with Crippen LogP contribution in [0.15, 0.2) is 97.1 Å². The van der Waals surface area contributed by atoms with Crippen molar-refractivity contribution in [2.24, 2.45) is 11.8 Å². The van der Waals surface area contributed by atoms with Crippen molar-refractivity contribution in [1.29, 1.82) is 0 Å². The van der Waals surface area contributed by atoms with Gasteiger partial charge in [0.05, 0.1) is 0 Å². The predicted molar refractivity (Wildman–Crippen MR) is 261 cm³/mol. The van der Waals surface area contributed by atoms with Crippen molar-refractivity contribution in [3.63, 3.8) is 0 Å². The molecule has 312 valence electrons. The zero-order valence-corrected chi connectivity index (χ0v) is 41.6. The monoisotopic (exact) mass is 906 g/mol. The first-order valence-electron chi connectivity index (χ1n) is 21.3. The van der Waals surface area contributed by atoms with Crippen molar-refractivity contribution in [3.8, 4) is 22.3 Å². The Morgan fingerprint density at radius 1 is 0.517 bits per heavy atom. The van der Waals surface area contributed by atoms with Crippen molar-refractivity contribution in [3.05, 3.63) is 145 Å². The Kier molecular flexibility index (Phi) is 23.4. The molecule has 2 aliphatic rings. The summed E-state index contributed by atoms with van der Waals surface area (Å²) in [6.07, 6.45) is 21.6. The zero-order chi connectivity index (χ0) is 37.9. The fourth-order valence-corrected chi connectivity index (χ4v) is 9.48. The van der Waals surface area contributed by atoms with E-state index in [0.717, 1.165) is 11.8 Å². The summed E-state index contributed by atoms with van der Waals surface area (Å²) in [6.45, 7) is 12.1. The van der Waals surface area contributed by atoms with Crippen LogP contribution in [0.5, 0.6) is 0 Å². The van der Waals surface area contributed by atoms with Gasteiger partial charge in [0.1, 0.15) is 0 Å². The molecule has 0 aliphatic heterocycles. The van der Waals surface area contributed by atoms with E-state index in [0.29, 0.717) is 0 Å². The van der Waals surface area contributed by atoms with Gasteiger partial charge in [-0.05, 0) is 59.8 Å². The molecule has 0 N–H and O–H groups in total. The summed E-state index contributed by atoms with van der Waals surface area (Å²) < 4.78 is 0. The van der Waals surface area contributed by atoms with Crippen molar-refractivity contribution in [2.45, 2.75) is 130 Å². The third kappa shape index (κ3) is 13.4. The summed E-state index contributed by atoms with van der Waals surface area (Å²) in [4.78, 5) is 0. The van der Waals surface area contributed by atoms with Crippen LogP contribution in [0.4, 0.5) is 0 Å². The third-order valence-corrected chi connectivity index (χ3v) is 12.4. The van der Waals surface area contributed by atoms with E-state index < -0.39 is 0 Å². The summed E-state index contributed by atoms with van der Waals surface area (Å²) in [5.74, 6) is 1.80. The molecular formula is C54H70Cl2SiZr-4. The Balaban J connectivity index is 0.000000360. The van der Waals surface area contributed by atoms with Crippen LogP contribution in [-0.4, -0.2) is 6.88 Å². The molecule has 0 amide bonds. The van der Waals surface area contributed by atoms with E-state index >= 15 is 0 Å². The molecule has 0 atom stereocenters. The van der Waals surface area contributed by atoms with Crippen molar-refractivity contribution < 1.29 is 23.3 Å². The predicted octanol–water partition coefficient (Wildman–Crippen LogP) is 16.6. The van der Waals surface area contributed by atoms with Gasteiger partial charge in [0, 0.05) is 0 Å². The van der Waals surface area contributed by atoms with E-state index in [9.17, 15) is 0 Å². The number of halogens is 2. The Labute approximate surface area is 383 Å². The maximum absolute atomic E-state index is 3.06. The molecule has 2 aliphatic carbocycles. The second kappa shape index (κ2) is 26.2. The fourth-order valence-electron chi connectivity index (χ4n) is 9.48. The second-order valence-electron chi connectivity index (χ2n) is 16.6. The summed E-state index contributed by atoms with van der Waals surface area (Å²) in [6, 6.07) is 37.6. The molecule has 6 aromatic rings. The quantitative estimate of drug-likeness (QED) is 0.0949. The molecule has 0 unspecified atom stereocenters. The Morgan fingerprint density at radius 2 is 0.862 bits per heavy atom. The van der Waals surface area contributed by atoms with E-state index in [1.165, 1.54) is 192 Å². The van der Waals surface area contributed by atoms with Gasteiger partial charge in [-0.3, -0.25) is 0 Å². The van der Waals surface area contributed by atoms with E-state index in [-0.39, 0.29) is 39.7 Å². The topological polar surface area (TPSA) is 0 Å². The second-order valence-corrected chi connectivity index (χ2v) is 16.6. The number of hydrogen-bond acceptors (Lipinski definition) is 0. The van der Waals surface area contributed by atoms with Gasteiger partial charge in [0.2, 0.25) is 0 Å². The molecule has 4 heteroatoms. The summed E-state index contributed by atoms with van der Waals surface area (Å²) in [5.41, 5.74) is 14.3. The van der Waals surface area contributed by atoms with Gasteiger partial charge in [-0.1, -0.05) is 177 Å². The molecule has 0 saturated heterocycles. The first-order chi connectivity index (χ1) is 26.5. The van der Waals surface area contributed by atoms with Gasteiger partial charge in [0.25, 0.3) is 0 Å². The van der Waals surface area contributed by atoms with E-state index in [1.807, 2.05) is 0 Å². The van der Waals surface area contributed by atoms with Crippen LogP contribution in [0.3, 0.4) is 0 Å². The van der Waals surface area contributed by atoms with Gasteiger partial charge in [-0.2, -0.15) is 12.1 Å². The molecule has 0 nitrogen and oxygen atoms in total. The third-order valence-electron chi connectivity index (χ3n) is 12.4. The summed E-state index contributed by atoms with van der Waals surface area (Å²) in [5, 5.41) is 5.79. The summed E-state index contributed by atoms with van der Waals surface area (Å²) in [7, 11) is 0. The van der Waals surface area contributed by atoms with Crippen molar-refractivity contribution in [1.82, 2.24) is 0 Å². The van der Waals surface area contributed by atoms with Crippen LogP contribution in [0.1, 0.15) is 124 Å². The molecule has 2 fully saturated rings. The minimum absolute atomic E-state index is 0. The average molecular weight is 909 g/mol. The maximum atomic E-state index is 3.06. The van der Waals surface area contributed by atoms with Gasteiger partial charge in [0.15, 0.2) is 0 Å². The Morgan fingerprint density at radius 3 is 1.19 bits per heavy atom. The number of benzene rings is 4. The van der Waals surface area contributed by atoms with Crippen LogP contribution in [0, 0.1) is 40.5 Å². The number of rotatable bonds is 10. The van der Waals surface area contributed by atoms with Crippen LogP contribution in [0.2, 0.25) is 0 Å². The molecule has 0 aromatic heterocycles. The van der Waals surface area contributed by atoms with E-state index in [4.69, 9.17) is 0 Å². The SMILES string of the molecule is CCCc1ccc(-c2ccc(C)c3[cH-]c(CC4CCCCC4)cc23)cc1.CCCc1ccc(-c2ccc(C)c3[cH-]c(CC4CCCCC4)cc23)cc1.Cl.Cl.[CH3-].[CH3-].[Si]=[Zr]. The molecule has 0 heterocycles. The number of hydrogen-bond donors (Lipinski definition) is 0. The molecule has 2 saturated carbocycles. The normalized spacial score (nSPS) is 14.1. The van der Waals surface area contributed by atoms with Crippen LogP contribution < -0.4 is 0 Å². The molecule has 0 spiro atoms. The zero-order valence-electron chi connectivity index (χ0n) is 36.5. The fraction of sp³-hybridized carbons (Fsp3) is 0.407. The summed E-state index contributed by atoms with van der Waals surface area (Å²) >= 11 is 1.36. The van der Waals surface area contributed by atoms with Gasteiger partial charge < -0.3 is 14.9 Å². The molecular weight excluding hydrogens is 839 g/mol. The first kappa shape index (κ1) is 51.9. The van der Waals surface area contributed by atoms with Crippen LogP contribution in [0.25, 0.3) is 43.8 Å². The minimum atomic E-state index is 0. The van der Waals surface area contributed by atoms with Crippen LogP contribution in [-0.2, 0) is 49.0 Å². The standard InChI is InChI=1S/2C26H31.2CH3.2ClH.Si.Zr/c2*1-3-7-20-11-13-23(14-12-20)24-15-10-19(2)25-17-22(18-26(24)25)16-21-8-5-4-6-9-21;;;;;;/h2*10-15,17-18,21H,3-9,16H2,1-2H3;2*1H3;2*1H;;/q4*-1;;;;.